The molecule has 0 aromatic carbocycles. The fraction of sp³-hybridized carbons (Fsp3) is 0.400. The molecule has 0 amide bonds. The maximum absolute atomic E-state index is 3.92. The highest BCUT2D eigenvalue weighted by Gasteiger charge is 1.66. The van der Waals surface area contributed by atoms with Gasteiger partial charge in [0.2, 0.25) is 0 Å². The van der Waals surface area contributed by atoms with E-state index in [1.807, 2.05) is 13.1 Å². The quantitative estimate of drug-likeness (QED) is 0.343. The summed E-state index contributed by atoms with van der Waals surface area (Å²) in [5.41, 5.74) is 0. The van der Waals surface area contributed by atoms with E-state index in [1.54, 1.807) is 6.21 Å². The van der Waals surface area contributed by atoms with Crippen LogP contribution in [0, 0.1) is 0 Å². The average molecular weight is 113 g/mol. The van der Waals surface area contributed by atoms with Gasteiger partial charge in [-0.15, -0.1) is 0 Å². The fourth-order valence-corrected chi connectivity index (χ4v) is 0.373. The average Bonchev–Trinajstić information content (AvgIpc) is 1.61. The Morgan fingerprint density at radius 2 is 2.29 bits per heavy atom. The van der Waals surface area contributed by atoms with Crippen molar-refractivity contribution >= 4 is 16.5 Å². The van der Waals surface area contributed by atoms with E-state index in [2.05, 4.69) is 11.9 Å². The Bertz CT molecular complexity index is 90.3. The van der Waals surface area contributed by atoms with Crippen LogP contribution >= 0.6 is 0 Å². The first-order valence-electron chi connectivity index (χ1n) is 2.38. The van der Waals surface area contributed by atoms with Gasteiger partial charge in [0.25, 0.3) is 0 Å². The summed E-state index contributed by atoms with van der Waals surface area (Å²) in [7, 11) is 1.13. The minimum absolute atomic E-state index is 1.13. The molecule has 0 saturated carbocycles. The molecule has 0 aliphatic rings. The lowest BCUT2D eigenvalue weighted by atomic mass is 10.7. The van der Waals surface area contributed by atoms with Crippen LogP contribution < -0.4 is 0 Å². The minimum atomic E-state index is 1.13. The van der Waals surface area contributed by atoms with Crippen molar-refractivity contribution < 1.29 is 0 Å². The van der Waals surface area contributed by atoms with Crippen LogP contribution in [-0.2, 0) is 0 Å². The highest BCUT2D eigenvalue weighted by atomic mass is 28.1. The molecule has 0 aliphatic heterocycles. The van der Waals surface area contributed by atoms with Crippen molar-refractivity contribution in [2.75, 3.05) is 0 Å². The van der Waals surface area contributed by atoms with Gasteiger partial charge in [-0.1, -0.05) is 5.20 Å². The van der Waals surface area contributed by atoms with Gasteiger partial charge >= 0.3 is 0 Å². The van der Waals surface area contributed by atoms with Crippen molar-refractivity contribution in [3.63, 3.8) is 0 Å². The number of allylic oxidation sites excluding steroid dienone is 1. The van der Waals surface area contributed by atoms with Crippen molar-refractivity contribution in [2.45, 2.75) is 13.8 Å². The number of hydrogen-bond acceptors (Lipinski definition) is 1. The summed E-state index contributed by atoms with van der Waals surface area (Å²) in [5, 5.41) is 1.37. The molecule has 0 aliphatic carbocycles. The molecule has 0 bridgehead atoms. The van der Waals surface area contributed by atoms with E-state index in [-0.39, 0.29) is 0 Å². The van der Waals surface area contributed by atoms with Crippen LogP contribution in [0.4, 0.5) is 0 Å². The molecule has 7 heavy (non-hydrogen) atoms. The lowest BCUT2D eigenvalue weighted by molar-refractivity contribution is 1.50. The summed E-state index contributed by atoms with van der Waals surface area (Å²) < 4.78 is 0. The van der Waals surface area contributed by atoms with Gasteiger partial charge in [-0.25, -0.2) is 0 Å². The van der Waals surface area contributed by atoms with Gasteiger partial charge in [0.15, 0.2) is 0 Å². The minimum Gasteiger partial charge on any atom is -0.270 e. The maximum Gasteiger partial charge on any atom is 0.0349 e. The zero-order valence-corrected chi connectivity index (χ0v) is 7.10. The Balaban J connectivity index is 3.46. The molecule has 0 unspecified atom stereocenters. The third kappa shape index (κ3) is 5.63. The van der Waals surface area contributed by atoms with E-state index in [0.29, 0.717) is 0 Å². The molecule has 0 aromatic rings. The molecule has 0 saturated heterocycles. The van der Waals surface area contributed by atoms with Gasteiger partial charge in [0.1, 0.15) is 0 Å². The molecule has 0 rings (SSSR count). The summed E-state index contributed by atoms with van der Waals surface area (Å²) >= 11 is 0. The molecule has 0 aromatic heterocycles. The molecule has 0 fully saturated rings. The monoisotopic (exact) mass is 113 g/mol. The van der Waals surface area contributed by atoms with Crippen molar-refractivity contribution in [1.82, 2.24) is 0 Å². The van der Waals surface area contributed by atoms with Crippen LogP contribution in [0.15, 0.2) is 16.4 Å². The second-order valence-electron chi connectivity index (χ2n) is 1.61. The van der Waals surface area contributed by atoms with E-state index in [0.717, 1.165) is 10.2 Å². The first-order chi connectivity index (χ1) is 3.27. The van der Waals surface area contributed by atoms with E-state index in [9.17, 15) is 0 Å². The number of aliphatic imine (C=N–C) groups is 1. The summed E-state index contributed by atoms with van der Waals surface area (Å²) in [6.07, 6.45) is 3.69. The van der Waals surface area contributed by atoms with Crippen molar-refractivity contribution in [2.24, 2.45) is 4.99 Å². The summed E-state index contributed by atoms with van der Waals surface area (Å²) in [6, 6.07) is 0. The molecular weight excluding hydrogens is 102 g/mol. The standard InChI is InChI=1S/C5H11NSi/c1-3-6-4-5(2)7/h3-4H,1-2,7H3/b5-4+,6-3?. The highest BCUT2D eigenvalue weighted by Crippen LogP contribution is 1.80. The second kappa shape index (κ2) is 3.80. The molecular formula is C5H11NSi. The Kier molecular flexibility index (Phi) is 3.60. The Morgan fingerprint density at radius 1 is 1.71 bits per heavy atom. The van der Waals surface area contributed by atoms with Gasteiger partial charge in [-0.05, 0) is 13.8 Å². The molecule has 0 heterocycles. The van der Waals surface area contributed by atoms with E-state index >= 15 is 0 Å². The van der Waals surface area contributed by atoms with Crippen LogP contribution in [0.25, 0.3) is 0 Å². The van der Waals surface area contributed by atoms with Crippen LogP contribution in [0.1, 0.15) is 13.8 Å². The van der Waals surface area contributed by atoms with E-state index in [1.165, 1.54) is 5.20 Å². The second-order valence-corrected chi connectivity index (χ2v) is 3.19. The van der Waals surface area contributed by atoms with Crippen molar-refractivity contribution in [3.05, 3.63) is 11.4 Å². The predicted molar refractivity (Wildman–Crippen MR) is 37.9 cm³/mol. The smallest absolute Gasteiger partial charge is 0.0349 e. The Labute approximate surface area is 47.6 Å². The van der Waals surface area contributed by atoms with Crippen molar-refractivity contribution in [1.29, 1.82) is 0 Å². The Hall–Kier alpha value is -0.373. The maximum atomic E-state index is 3.92. The van der Waals surface area contributed by atoms with Crippen LogP contribution in [0.5, 0.6) is 0 Å². The number of hydrogen-bond donors (Lipinski definition) is 0. The molecule has 2 heteroatoms. The first-order valence-corrected chi connectivity index (χ1v) is 3.38. The van der Waals surface area contributed by atoms with Gasteiger partial charge in [0.05, 0.1) is 0 Å². The zero-order chi connectivity index (χ0) is 5.70. The number of nitrogens with zero attached hydrogens (tertiary/aromatic N) is 1. The van der Waals surface area contributed by atoms with Crippen LogP contribution in [-0.4, -0.2) is 16.5 Å². The SMILES string of the molecule is CC=N/C=C(\C)[SiH3]. The molecule has 0 atom stereocenters. The van der Waals surface area contributed by atoms with Gasteiger partial charge < -0.3 is 0 Å². The van der Waals surface area contributed by atoms with E-state index < -0.39 is 0 Å². The summed E-state index contributed by atoms with van der Waals surface area (Å²) in [4.78, 5) is 3.92. The van der Waals surface area contributed by atoms with E-state index in [4.69, 9.17) is 0 Å². The predicted octanol–water partition coefficient (Wildman–Crippen LogP) is 0.304. The molecule has 0 N–H and O–H groups in total. The molecule has 40 valence electrons. The van der Waals surface area contributed by atoms with Crippen LogP contribution in [0.3, 0.4) is 0 Å². The Morgan fingerprint density at radius 3 is 2.43 bits per heavy atom. The molecule has 0 spiro atoms. The summed E-state index contributed by atoms with van der Waals surface area (Å²) in [6.45, 7) is 4.00. The third-order valence-electron chi connectivity index (χ3n) is 0.482. The molecule has 1 nitrogen and oxygen atoms in total. The van der Waals surface area contributed by atoms with Gasteiger partial charge in [0, 0.05) is 22.7 Å². The molecule has 0 radical (unpaired) electrons. The lowest BCUT2D eigenvalue weighted by Crippen LogP contribution is -1.66. The third-order valence-corrected chi connectivity index (χ3v) is 0.740. The normalized spacial score (nSPS) is 13.7. The number of rotatable bonds is 1. The summed E-state index contributed by atoms with van der Waals surface area (Å²) in [5.74, 6) is 0. The van der Waals surface area contributed by atoms with Crippen LogP contribution in [0.2, 0.25) is 0 Å². The fourth-order valence-electron chi connectivity index (χ4n) is 0.224. The first kappa shape index (κ1) is 6.63. The largest absolute Gasteiger partial charge is 0.270 e. The van der Waals surface area contributed by atoms with Crippen molar-refractivity contribution in [3.8, 4) is 0 Å². The highest BCUT2D eigenvalue weighted by molar-refractivity contribution is 6.21. The van der Waals surface area contributed by atoms with Gasteiger partial charge in [-0.3, -0.25) is 4.99 Å². The topological polar surface area (TPSA) is 12.4 Å². The van der Waals surface area contributed by atoms with Gasteiger partial charge in [-0.2, -0.15) is 0 Å². The zero-order valence-electron chi connectivity index (χ0n) is 5.10. The lowest BCUT2D eigenvalue weighted by Gasteiger charge is -1.77.